The number of aryl methyl sites for hydroxylation is 1. The summed E-state index contributed by atoms with van der Waals surface area (Å²) < 4.78 is 134. The second kappa shape index (κ2) is 15.2. The minimum Gasteiger partial charge on any atom is -0.493 e. The highest BCUT2D eigenvalue weighted by molar-refractivity contribution is 8.76. The van der Waals surface area contributed by atoms with Crippen molar-refractivity contribution in [3.8, 4) is 5.75 Å². The fourth-order valence-electron chi connectivity index (χ4n) is 7.70. The minimum absolute atomic E-state index is 0.220. The smallest absolute Gasteiger partial charge is 0.435 e. The topological polar surface area (TPSA) is 47.9 Å². The van der Waals surface area contributed by atoms with Gasteiger partial charge in [0.05, 0.1) is 19.3 Å². The van der Waals surface area contributed by atoms with Gasteiger partial charge in [-0.2, -0.15) is 39.5 Å². The number of unbranched alkanes of at least 4 members (excludes halogenated alkanes) is 1. The average Bonchev–Trinajstić information content (AvgIpc) is 3.30. The van der Waals surface area contributed by atoms with Crippen molar-refractivity contribution in [1.82, 2.24) is 0 Å². The summed E-state index contributed by atoms with van der Waals surface area (Å²) in [5.41, 5.74) is -3.89. The number of ether oxygens (including phenoxy) is 3. The van der Waals surface area contributed by atoms with E-state index in [1.165, 1.54) is 11.1 Å². The van der Waals surface area contributed by atoms with Gasteiger partial charge in [0.15, 0.2) is 0 Å². The van der Waals surface area contributed by atoms with Crippen LogP contribution in [0.5, 0.6) is 5.75 Å². The molecule has 1 unspecified atom stereocenters. The highest BCUT2D eigenvalue weighted by Crippen LogP contribution is 2.62. The quantitative estimate of drug-likeness (QED) is 0.111. The molecule has 5 atom stereocenters. The summed E-state index contributed by atoms with van der Waals surface area (Å²) in [4.78, 5) is 0. The number of fused-ring (bicyclic) bond motifs is 5. The zero-order valence-electron chi connectivity index (χ0n) is 25.5. The molecule has 4 rings (SSSR count). The first-order chi connectivity index (χ1) is 21.6. The van der Waals surface area contributed by atoms with E-state index in [-0.39, 0.29) is 24.7 Å². The molecule has 0 saturated heterocycles. The molecule has 2 fully saturated rings. The van der Waals surface area contributed by atoms with Crippen molar-refractivity contribution in [2.24, 2.45) is 17.3 Å². The molecule has 2 saturated carbocycles. The predicted molar refractivity (Wildman–Crippen MR) is 159 cm³/mol. The van der Waals surface area contributed by atoms with E-state index in [0.717, 1.165) is 62.2 Å². The summed E-state index contributed by atoms with van der Waals surface area (Å²) in [6, 6.07) is 6.31. The lowest BCUT2D eigenvalue weighted by Crippen LogP contribution is -2.67. The van der Waals surface area contributed by atoms with Crippen LogP contribution in [0.15, 0.2) is 18.2 Å². The summed E-state index contributed by atoms with van der Waals surface area (Å²) in [5.74, 6) is 3.79. The summed E-state index contributed by atoms with van der Waals surface area (Å²) in [5, 5.41) is 8.84. The Kier molecular flexibility index (Phi) is 12.5. The van der Waals surface area contributed by atoms with Crippen LogP contribution in [-0.4, -0.2) is 73.3 Å². The lowest BCUT2D eigenvalue weighted by molar-refractivity contribution is -0.457. The van der Waals surface area contributed by atoms with Gasteiger partial charge in [-0.15, -0.1) is 0 Å². The molecule has 0 bridgehead atoms. The van der Waals surface area contributed by atoms with Gasteiger partial charge in [0.2, 0.25) is 0 Å². The van der Waals surface area contributed by atoms with Crippen LogP contribution in [0, 0.1) is 17.3 Å². The molecule has 0 amide bonds. The van der Waals surface area contributed by atoms with Gasteiger partial charge in [0, 0.05) is 24.7 Å². The van der Waals surface area contributed by atoms with Crippen molar-refractivity contribution >= 4 is 21.6 Å². The van der Waals surface area contributed by atoms with Crippen LogP contribution in [0.25, 0.3) is 0 Å². The number of hydrogen-bond acceptors (Lipinski definition) is 6. The molecule has 0 spiro atoms. The van der Waals surface area contributed by atoms with Gasteiger partial charge in [-0.25, -0.2) is 0 Å². The maximum Gasteiger partial charge on any atom is 0.435 e. The second-order valence-electron chi connectivity index (χ2n) is 12.6. The van der Waals surface area contributed by atoms with E-state index in [1.807, 2.05) is 6.07 Å². The molecule has 3 aliphatic carbocycles. The number of rotatable bonds is 15. The van der Waals surface area contributed by atoms with E-state index < -0.39 is 37.2 Å². The van der Waals surface area contributed by atoms with Gasteiger partial charge in [-0.3, -0.25) is 0 Å². The second-order valence-corrected chi connectivity index (χ2v) is 15.3. The SMILES string of the molecule is C[C@]12CC[C@@H]3c4ccc(OCCSSCCCCO)cc4CCC3[C@@H]1CC[C@@H]2OCCCOC(C(F)(F)F)(C(F)(F)F)C(F)(F)F. The molecule has 0 aliphatic heterocycles. The Hall–Kier alpha value is -1.03. The van der Waals surface area contributed by atoms with Crippen LogP contribution in [0.4, 0.5) is 39.5 Å². The third-order valence-corrected chi connectivity index (χ3v) is 12.3. The summed E-state index contributed by atoms with van der Waals surface area (Å²) in [7, 11) is 3.54. The van der Waals surface area contributed by atoms with Crippen LogP contribution >= 0.6 is 21.6 Å². The first-order valence-electron chi connectivity index (χ1n) is 15.6. The fourth-order valence-corrected chi connectivity index (χ4v) is 9.67. The standard InChI is InChI=1S/C31H41F9O4S2/c1-27-12-11-23-22-8-6-21(42-16-18-46-45-17-3-2-13-41)19-20(22)5-7-24(23)25(27)9-10-26(27)43-14-4-15-44-28(29(32,33)34,30(35,36)37)31(38,39)40/h6,8,19,23-26,41H,2-5,7,9-18H2,1H3/t23-,24?,25+,26+,27+/m1/s1. The highest BCUT2D eigenvalue weighted by atomic mass is 33.1. The molecule has 1 aromatic rings. The van der Waals surface area contributed by atoms with E-state index in [1.54, 1.807) is 21.6 Å². The lowest BCUT2D eigenvalue weighted by atomic mass is 9.55. The Morgan fingerprint density at radius 1 is 0.826 bits per heavy atom. The van der Waals surface area contributed by atoms with Gasteiger partial charge in [-0.1, -0.05) is 34.6 Å². The number of benzene rings is 1. The highest BCUT2D eigenvalue weighted by Gasteiger charge is 2.85. The molecule has 15 heteroatoms. The van der Waals surface area contributed by atoms with Crippen molar-refractivity contribution in [2.75, 3.05) is 37.9 Å². The minimum atomic E-state index is -6.73. The molecule has 0 radical (unpaired) electrons. The van der Waals surface area contributed by atoms with E-state index in [9.17, 15) is 39.5 Å². The Bertz CT molecular complexity index is 1090. The number of hydrogen-bond donors (Lipinski definition) is 1. The van der Waals surface area contributed by atoms with Crippen LogP contribution in [-0.2, 0) is 15.9 Å². The Morgan fingerprint density at radius 3 is 2.20 bits per heavy atom. The molecular formula is C31H41F9O4S2. The molecule has 0 heterocycles. The number of aliphatic hydroxyl groups is 1. The normalized spacial score (nSPS) is 26.8. The van der Waals surface area contributed by atoms with Crippen LogP contribution < -0.4 is 4.74 Å². The number of aliphatic hydroxyl groups excluding tert-OH is 1. The molecule has 264 valence electrons. The van der Waals surface area contributed by atoms with E-state index >= 15 is 0 Å². The maximum atomic E-state index is 13.1. The summed E-state index contributed by atoms with van der Waals surface area (Å²) >= 11 is 0. The monoisotopic (exact) mass is 712 g/mol. The molecule has 4 nitrogen and oxygen atoms in total. The van der Waals surface area contributed by atoms with Gasteiger partial charge >= 0.3 is 24.1 Å². The molecule has 46 heavy (non-hydrogen) atoms. The predicted octanol–water partition coefficient (Wildman–Crippen LogP) is 9.29. The van der Waals surface area contributed by atoms with Crippen molar-refractivity contribution in [2.45, 2.75) is 101 Å². The largest absolute Gasteiger partial charge is 0.493 e. The Labute approximate surface area is 271 Å². The number of alkyl halides is 9. The third-order valence-electron chi connectivity index (χ3n) is 9.89. The summed E-state index contributed by atoms with van der Waals surface area (Å²) in [6.45, 7) is 1.21. The van der Waals surface area contributed by atoms with Crippen LogP contribution in [0.2, 0.25) is 0 Å². The first kappa shape index (κ1) is 37.8. The van der Waals surface area contributed by atoms with Crippen molar-refractivity contribution in [3.63, 3.8) is 0 Å². The van der Waals surface area contributed by atoms with Crippen LogP contribution in [0.1, 0.15) is 75.3 Å². The zero-order valence-corrected chi connectivity index (χ0v) is 27.2. The Balaban J connectivity index is 1.28. The third kappa shape index (κ3) is 7.89. The molecular weight excluding hydrogens is 671 g/mol. The molecule has 1 N–H and O–H groups in total. The molecule has 0 aromatic heterocycles. The fraction of sp³-hybridized carbons (Fsp3) is 0.806. The maximum absolute atomic E-state index is 13.1. The van der Waals surface area contributed by atoms with Gasteiger partial charge in [0.25, 0.3) is 0 Å². The van der Waals surface area contributed by atoms with E-state index in [2.05, 4.69) is 23.8 Å². The molecule has 1 aromatic carbocycles. The van der Waals surface area contributed by atoms with Crippen molar-refractivity contribution < 1.29 is 58.8 Å². The zero-order chi connectivity index (χ0) is 33.8. The molecule has 3 aliphatic rings. The summed E-state index contributed by atoms with van der Waals surface area (Å²) in [6.07, 6.45) is -14.1. The lowest BCUT2D eigenvalue weighted by Gasteiger charge is -2.50. The average molecular weight is 713 g/mol. The van der Waals surface area contributed by atoms with Gasteiger partial charge in [-0.05, 0) is 104 Å². The van der Waals surface area contributed by atoms with Crippen molar-refractivity contribution in [1.29, 1.82) is 0 Å². The van der Waals surface area contributed by atoms with E-state index in [4.69, 9.17) is 14.6 Å². The van der Waals surface area contributed by atoms with Crippen LogP contribution in [0.3, 0.4) is 0 Å². The van der Waals surface area contributed by atoms with Gasteiger partial charge in [0.1, 0.15) is 5.75 Å². The Morgan fingerprint density at radius 2 is 1.52 bits per heavy atom. The van der Waals surface area contributed by atoms with E-state index in [0.29, 0.717) is 30.8 Å². The van der Waals surface area contributed by atoms with Crippen molar-refractivity contribution in [3.05, 3.63) is 29.3 Å². The number of halogens is 9. The first-order valence-corrected chi connectivity index (χ1v) is 18.1. The van der Waals surface area contributed by atoms with Gasteiger partial charge < -0.3 is 19.3 Å².